The number of rotatable bonds is 7. The van der Waals surface area contributed by atoms with Gasteiger partial charge in [0.2, 0.25) is 0 Å². The van der Waals surface area contributed by atoms with Gasteiger partial charge >= 0.3 is 0 Å². The lowest BCUT2D eigenvalue weighted by Crippen LogP contribution is -2.36. The molecule has 178 valence electrons. The standard InChI is InChI=1S/C27H38N4S2/c1-28-32-24-7-3-5-21(17-24)20-29-23-10-11-27(19-23)12-15-31(16-13-27)33-25-9-8-22-6-4-14-30(2)26(22)18-25/h3,5,7-9,17-18,23,28-29H,4,6,10-16,19-20H2,1-2H3. The molecule has 0 aromatic heterocycles. The molecule has 1 unspecified atom stereocenters. The highest BCUT2D eigenvalue weighted by Gasteiger charge is 2.41. The molecule has 0 radical (unpaired) electrons. The lowest BCUT2D eigenvalue weighted by Gasteiger charge is -2.39. The molecular weight excluding hydrogens is 444 g/mol. The van der Waals surface area contributed by atoms with Crippen LogP contribution in [0.5, 0.6) is 0 Å². The van der Waals surface area contributed by atoms with Crippen molar-refractivity contribution >= 4 is 29.6 Å². The first-order valence-electron chi connectivity index (χ1n) is 12.6. The van der Waals surface area contributed by atoms with Gasteiger partial charge in [-0.15, -0.1) is 0 Å². The van der Waals surface area contributed by atoms with Crippen LogP contribution in [0.1, 0.15) is 49.7 Å². The van der Waals surface area contributed by atoms with Crippen molar-refractivity contribution in [1.29, 1.82) is 0 Å². The van der Waals surface area contributed by atoms with Crippen molar-refractivity contribution in [2.45, 2.75) is 67.3 Å². The second kappa shape index (κ2) is 10.6. The van der Waals surface area contributed by atoms with E-state index in [1.807, 2.05) is 19.0 Å². The van der Waals surface area contributed by atoms with Crippen molar-refractivity contribution in [3.05, 3.63) is 53.6 Å². The quantitative estimate of drug-likeness (QED) is 0.490. The average molecular weight is 483 g/mol. The van der Waals surface area contributed by atoms with Crippen LogP contribution < -0.4 is 14.9 Å². The van der Waals surface area contributed by atoms with Gasteiger partial charge in [0.05, 0.1) is 0 Å². The van der Waals surface area contributed by atoms with Crippen molar-refractivity contribution in [3.8, 4) is 0 Å². The number of piperidine rings is 1. The van der Waals surface area contributed by atoms with E-state index in [0.717, 1.165) is 6.54 Å². The first-order chi connectivity index (χ1) is 16.1. The third kappa shape index (κ3) is 5.73. The zero-order valence-electron chi connectivity index (χ0n) is 20.1. The summed E-state index contributed by atoms with van der Waals surface area (Å²) in [5.74, 6) is 0. The fourth-order valence-electron chi connectivity index (χ4n) is 5.93. The molecule has 0 bridgehead atoms. The fraction of sp³-hybridized carbons (Fsp3) is 0.556. The molecule has 3 aliphatic rings. The molecular formula is C27H38N4S2. The van der Waals surface area contributed by atoms with Crippen molar-refractivity contribution in [2.75, 3.05) is 38.6 Å². The molecule has 2 fully saturated rings. The lowest BCUT2D eigenvalue weighted by atomic mass is 9.77. The Hall–Kier alpha value is -1.18. The van der Waals surface area contributed by atoms with Crippen LogP contribution in [-0.4, -0.2) is 44.1 Å². The highest BCUT2D eigenvalue weighted by atomic mass is 32.2. The van der Waals surface area contributed by atoms with Crippen LogP contribution in [0.3, 0.4) is 0 Å². The van der Waals surface area contributed by atoms with Gasteiger partial charge in [-0.25, -0.2) is 4.31 Å². The predicted octanol–water partition coefficient (Wildman–Crippen LogP) is 5.73. The summed E-state index contributed by atoms with van der Waals surface area (Å²) < 4.78 is 5.78. The maximum atomic E-state index is 3.87. The molecule has 2 aliphatic heterocycles. The lowest BCUT2D eigenvalue weighted by molar-refractivity contribution is 0.163. The van der Waals surface area contributed by atoms with Crippen LogP contribution in [0.4, 0.5) is 5.69 Å². The molecule has 2 aromatic carbocycles. The number of fused-ring (bicyclic) bond motifs is 1. The van der Waals surface area contributed by atoms with Crippen LogP contribution in [0.2, 0.25) is 0 Å². The van der Waals surface area contributed by atoms with E-state index in [0.29, 0.717) is 11.5 Å². The Balaban J connectivity index is 1.10. The number of hydrogen-bond acceptors (Lipinski definition) is 6. The molecule has 2 aromatic rings. The molecule has 6 heteroatoms. The van der Waals surface area contributed by atoms with E-state index in [-0.39, 0.29) is 0 Å². The van der Waals surface area contributed by atoms with E-state index < -0.39 is 0 Å². The normalized spacial score (nSPS) is 22.6. The fourth-order valence-corrected chi connectivity index (χ4v) is 7.48. The molecule has 2 N–H and O–H groups in total. The Morgan fingerprint density at radius 3 is 2.76 bits per heavy atom. The topological polar surface area (TPSA) is 30.5 Å². The maximum absolute atomic E-state index is 3.87. The van der Waals surface area contributed by atoms with Gasteiger partial charge < -0.3 is 10.2 Å². The number of anilines is 1. The van der Waals surface area contributed by atoms with E-state index in [1.165, 1.54) is 91.2 Å². The van der Waals surface area contributed by atoms with E-state index in [9.17, 15) is 0 Å². The summed E-state index contributed by atoms with van der Waals surface area (Å²) in [7, 11) is 4.21. The Labute approximate surface area is 208 Å². The minimum Gasteiger partial charge on any atom is -0.374 e. The molecule has 1 saturated carbocycles. The van der Waals surface area contributed by atoms with Crippen molar-refractivity contribution in [2.24, 2.45) is 5.41 Å². The van der Waals surface area contributed by atoms with Crippen molar-refractivity contribution < 1.29 is 0 Å². The van der Waals surface area contributed by atoms with Crippen molar-refractivity contribution in [1.82, 2.24) is 14.3 Å². The summed E-state index contributed by atoms with van der Waals surface area (Å²) >= 11 is 3.66. The van der Waals surface area contributed by atoms with Crippen LogP contribution in [-0.2, 0) is 13.0 Å². The van der Waals surface area contributed by atoms with E-state index >= 15 is 0 Å². The summed E-state index contributed by atoms with van der Waals surface area (Å²) in [5.41, 5.74) is 4.91. The van der Waals surface area contributed by atoms with Gasteiger partial charge in [-0.2, -0.15) is 0 Å². The smallest absolute Gasteiger partial charge is 0.0407 e. The first-order valence-corrected chi connectivity index (χ1v) is 14.1. The van der Waals surface area contributed by atoms with Crippen molar-refractivity contribution in [3.63, 3.8) is 0 Å². The number of aryl methyl sites for hydroxylation is 1. The van der Waals surface area contributed by atoms with E-state index in [2.05, 4.69) is 68.8 Å². The molecule has 1 saturated heterocycles. The van der Waals surface area contributed by atoms with Gasteiger partial charge in [-0.1, -0.05) is 18.2 Å². The van der Waals surface area contributed by atoms with Gasteiger partial charge in [0.1, 0.15) is 0 Å². The SMILES string of the molecule is CNSc1cccc(CNC2CCC3(CCN(Sc4ccc5c(c4)N(C)CCC5)CC3)C2)c1. The monoisotopic (exact) mass is 482 g/mol. The number of nitrogens with zero attached hydrogens (tertiary/aromatic N) is 2. The summed E-state index contributed by atoms with van der Waals surface area (Å²) in [5, 5.41) is 3.87. The largest absolute Gasteiger partial charge is 0.374 e. The van der Waals surface area contributed by atoms with Gasteiger partial charge in [-0.3, -0.25) is 4.72 Å². The summed E-state index contributed by atoms with van der Waals surface area (Å²) in [4.78, 5) is 5.12. The minimum atomic E-state index is 0.564. The molecule has 1 spiro atoms. The molecule has 1 atom stereocenters. The Bertz CT molecular complexity index is 941. The zero-order valence-corrected chi connectivity index (χ0v) is 21.7. The molecule has 2 heterocycles. The number of nitrogens with one attached hydrogen (secondary N) is 2. The molecule has 1 aliphatic carbocycles. The molecule has 0 amide bonds. The maximum Gasteiger partial charge on any atom is 0.0407 e. The van der Waals surface area contributed by atoms with Gasteiger partial charge in [0.25, 0.3) is 0 Å². The second-order valence-corrected chi connectivity index (χ2v) is 12.4. The second-order valence-electron chi connectivity index (χ2n) is 10.1. The van der Waals surface area contributed by atoms with Crippen LogP contribution >= 0.6 is 23.9 Å². The average Bonchev–Trinajstić information content (AvgIpc) is 3.23. The number of benzene rings is 2. The van der Waals surface area contributed by atoms with Crippen LogP contribution in [0.15, 0.2) is 52.3 Å². The molecule has 4 nitrogen and oxygen atoms in total. The van der Waals surface area contributed by atoms with E-state index in [4.69, 9.17) is 0 Å². The Morgan fingerprint density at radius 1 is 1.03 bits per heavy atom. The highest BCUT2D eigenvalue weighted by molar-refractivity contribution is 7.97. The third-order valence-electron chi connectivity index (χ3n) is 7.84. The minimum absolute atomic E-state index is 0.564. The summed E-state index contributed by atoms with van der Waals surface area (Å²) in [6.45, 7) is 4.59. The predicted molar refractivity (Wildman–Crippen MR) is 143 cm³/mol. The van der Waals surface area contributed by atoms with E-state index in [1.54, 1.807) is 11.9 Å². The summed E-state index contributed by atoms with van der Waals surface area (Å²) in [6.07, 6.45) is 9.26. The number of hydrogen-bond donors (Lipinski definition) is 2. The van der Waals surface area contributed by atoms with Gasteiger partial charge in [0.15, 0.2) is 0 Å². The zero-order chi connectivity index (χ0) is 22.7. The summed E-state index contributed by atoms with van der Waals surface area (Å²) in [6, 6.07) is 16.7. The molecule has 33 heavy (non-hydrogen) atoms. The van der Waals surface area contributed by atoms with Gasteiger partial charge in [0, 0.05) is 54.7 Å². The molecule has 5 rings (SSSR count). The first kappa shape index (κ1) is 23.6. The van der Waals surface area contributed by atoms with Crippen LogP contribution in [0.25, 0.3) is 0 Å². The van der Waals surface area contributed by atoms with Gasteiger partial charge in [-0.05, 0) is 117 Å². The third-order valence-corrected chi connectivity index (χ3v) is 9.62. The Kier molecular flexibility index (Phi) is 7.57. The Morgan fingerprint density at radius 2 is 1.91 bits per heavy atom. The highest BCUT2D eigenvalue weighted by Crippen LogP contribution is 2.48. The van der Waals surface area contributed by atoms with Crippen LogP contribution in [0, 0.1) is 5.41 Å².